The molecule has 0 spiro atoms. The van der Waals surface area contributed by atoms with Crippen molar-refractivity contribution >= 4 is 23.2 Å². The van der Waals surface area contributed by atoms with Crippen LogP contribution in [0.2, 0.25) is 10.0 Å². The first kappa shape index (κ1) is 12.8. The number of aromatic nitrogens is 1. The van der Waals surface area contributed by atoms with E-state index in [1.54, 1.807) is 12.3 Å². The van der Waals surface area contributed by atoms with Crippen molar-refractivity contribution in [3.63, 3.8) is 0 Å². The topological polar surface area (TPSA) is 24.9 Å². The normalized spacial score (nSPS) is 13.2. The largest absolute Gasteiger partial charge is 0.309 e. The first-order chi connectivity index (χ1) is 7.06. The maximum atomic E-state index is 6.12. The van der Waals surface area contributed by atoms with E-state index in [2.05, 4.69) is 31.1 Å². The van der Waals surface area contributed by atoms with Gasteiger partial charge < -0.3 is 5.32 Å². The van der Waals surface area contributed by atoms with Crippen LogP contribution < -0.4 is 5.32 Å². The fourth-order valence-electron chi connectivity index (χ4n) is 1.52. The van der Waals surface area contributed by atoms with E-state index in [4.69, 9.17) is 23.2 Å². The van der Waals surface area contributed by atoms with Crippen LogP contribution in [0.1, 0.15) is 32.5 Å². The second-order valence-electron chi connectivity index (χ2n) is 3.80. The summed E-state index contributed by atoms with van der Waals surface area (Å²) in [6.45, 7) is 7.24. The summed E-state index contributed by atoms with van der Waals surface area (Å²) < 4.78 is 0. The molecular formula is C11H16Cl2N2. The van der Waals surface area contributed by atoms with E-state index in [0.29, 0.717) is 16.0 Å². The van der Waals surface area contributed by atoms with E-state index in [9.17, 15) is 0 Å². The van der Waals surface area contributed by atoms with Gasteiger partial charge in [0.1, 0.15) is 0 Å². The van der Waals surface area contributed by atoms with E-state index >= 15 is 0 Å². The summed E-state index contributed by atoms with van der Waals surface area (Å²) in [5.41, 5.74) is 0.873. The third-order valence-electron chi connectivity index (χ3n) is 2.22. The molecule has 1 heterocycles. The van der Waals surface area contributed by atoms with Gasteiger partial charge >= 0.3 is 0 Å². The molecule has 0 saturated heterocycles. The predicted octanol–water partition coefficient (Wildman–Crippen LogP) is 3.70. The minimum absolute atomic E-state index is 0.180. The third-order valence-corrected chi connectivity index (χ3v) is 2.73. The number of hydrogen-bond donors (Lipinski definition) is 1. The Balaban J connectivity index is 3.00. The second kappa shape index (κ2) is 5.69. The average molecular weight is 247 g/mol. The molecule has 84 valence electrons. The molecule has 0 radical (unpaired) electrons. The molecule has 0 fully saturated rings. The fraction of sp³-hybridized carbons (Fsp3) is 0.545. The Kier molecular flexibility index (Phi) is 4.84. The molecule has 4 heteroatoms. The molecule has 1 aromatic heterocycles. The smallest absolute Gasteiger partial charge is 0.0762 e. The van der Waals surface area contributed by atoms with Crippen LogP contribution in [-0.4, -0.2) is 11.5 Å². The Bertz CT molecular complexity index is 326. The minimum atomic E-state index is 0.180. The molecule has 0 aromatic carbocycles. The Morgan fingerprint density at radius 1 is 1.40 bits per heavy atom. The number of rotatable bonds is 4. The van der Waals surface area contributed by atoms with Crippen LogP contribution in [-0.2, 0) is 0 Å². The zero-order valence-corrected chi connectivity index (χ0v) is 10.7. The van der Waals surface area contributed by atoms with Gasteiger partial charge in [-0.3, -0.25) is 4.98 Å². The van der Waals surface area contributed by atoms with Gasteiger partial charge in [-0.25, -0.2) is 0 Å². The molecule has 0 aliphatic heterocycles. The molecule has 1 rings (SSSR count). The van der Waals surface area contributed by atoms with Gasteiger partial charge in [-0.15, -0.1) is 0 Å². The van der Waals surface area contributed by atoms with Crippen LogP contribution in [0.4, 0.5) is 0 Å². The zero-order chi connectivity index (χ0) is 11.4. The number of nitrogens with one attached hydrogen (secondary N) is 1. The van der Waals surface area contributed by atoms with Crippen molar-refractivity contribution in [2.75, 3.05) is 6.54 Å². The highest BCUT2D eigenvalue weighted by Crippen LogP contribution is 2.28. The lowest BCUT2D eigenvalue weighted by Crippen LogP contribution is -2.26. The molecule has 1 unspecified atom stereocenters. The van der Waals surface area contributed by atoms with Crippen LogP contribution >= 0.6 is 23.2 Å². The molecule has 0 aliphatic rings. The van der Waals surface area contributed by atoms with Gasteiger partial charge in [-0.1, -0.05) is 44.0 Å². The number of halogens is 2. The van der Waals surface area contributed by atoms with Crippen molar-refractivity contribution in [2.45, 2.75) is 26.8 Å². The van der Waals surface area contributed by atoms with Crippen molar-refractivity contribution in [2.24, 2.45) is 5.92 Å². The highest BCUT2D eigenvalue weighted by molar-refractivity contribution is 6.34. The highest BCUT2D eigenvalue weighted by atomic mass is 35.5. The fourth-order valence-corrected chi connectivity index (χ4v) is 2.02. The molecule has 1 N–H and O–H groups in total. The molecule has 2 nitrogen and oxygen atoms in total. The van der Waals surface area contributed by atoms with Crippen molar-refractivity contribution in [3.8, 4) is 0 Å². The van der Waals surface area contributed by atoms with Crippen LogP contribution in [0, 0.1) is 5.92 Å². The molecule has 15 heavy (non-hydrogen) atoms. The first-order valence-electron chi connectivity index (χ1n) is 5.10. The molecule has 0 saturated carbocycles. The Morgan fingerprint density at radius 3 is 2.53 bits per heavy atom. The summed E-state index contributed by atoms with van der Waals surface area (Å²) >= 11 is 11.9. The third kappa shape index (κ3) is 3.33. The van der Waals surface area contributed by atoms with E-state index in [1.807, 2.05) is 0 Å². The summed E-state index contributed by atoms with van der Waals surface area (Å²) in [6, 6.07) is 1.91. The Hall–Kier alpha value is -0.310. The second-order valence-corrected chi connectivity index (χ2v) is 4.64. The number of nitrogens with zero attached hydrogens (tertiary/aromatic N) is 1. The molecule has 0 aliphatic carbocycles. The monoisotopic (exact) mass is 246 g/mol. The van der Waals surface area contributed by atoms with Gasteiger partial charge in [-0.05, 0) is 18.5 Å². The Morgan fingerprint density at radius 2 is 2.07 bits per heavy atom. The van der Waals surface area contributed by atoms with E-state index in [-0.39, 0.29) is 6.04 Å². The molecule has 0 bridgehead atoms. The minimum Gasteiger partial charge on any atom is -0.309 e. The summed E-state index contributed by atoms with van der Waals surface area (Å²) in [5.74, 6) is 0.441. The summed E-state index contributed by atoms with van der Waals surface area (Å²) in [7, 11) is 0. The summed E-state index contributed by atoms with van der Waals surface area (Å²) in [5, 5.41) is 4.57. The standard InChI is InChI=1S/C11H16Cl2N2/c1-4-14-10(7(2)3)11-9(13)5-8(12)6-15-11/h5-7,10,14H,4H2,1-3H3. The highest BCUT2D eigenvalue weighted by Gasteiger charge is 2.18. The van der Waals surface area contributed by atoms with Crippen molar-refractivity contribution < 1.29 is 0 Å². The van der Waals surface area contributed by atoms with E-state index < -0.39 is 0 Å². The van der Waals surface area contributed by atoms with Crippen molar-refractivity contribution in [3.05, 3.63) is 28.0 Å². The van der Waals surface area contributed by atoms with Crippen LogP contribution in [0.5, 0.6) is 0 Å². The maximum absolute atomic E-state index is 6.12. The predicted molar refractivity (Wildman–Crippen MR) is 65.5 cm³/mol. The lowest BCUT2D eigenvalue weighted by Gasteiger charge is -2.22. The maximum Gasteiger partial charge on any atom is 0.0762 e. The molecule has 1 aromatic rings. The van der Waals surface area contributed by atoms with Crippen molar-refractivity contribution in [1.29, 1.82) is 0 Å². The molecule has 0 amide bonds. The number of hydrogen-bond acceptors (Lipinski definition) is 2. The van der Waals surface area contributed by atoms with Gasteiger partial charge in [0.2, 0.25) is 0 Å². The molecular weight excluding hydrogens is 231 g/mol. The summed E-state index contributed by atoms with van der Waals surface area (Å²) in [4.78, 5) is 4.29. The lowest BCUT2D eigenvalue weighted by atomic mass is 10.0. The van der Waals surface area contributed by atoms with Gasteiger partial charge in [-0.2, -0.15) is 0 Å². The lowest BCUT2D eigenvalue weighted by molar-refractivity contribution is 0.413. The van der Waals surface area contributed by atoms with Crippen LogP contribution in [0.25, 0.3) is 0 Å². The van der Waals surface area contributed by atoms with Crippen molar-refractivity contribution in [1.82, 2.24) is 10.3 Å². The van der Waals surface area contributed by atoms with Gasteiger partial charge in [0.05, 0.1) is 21.8 Å². The SMILES string of the molecule is CCNC(c1ncc(Cl)cc1Cl)C(C)C. The molecule has 1 atom stereocenters. The zero-order valence-electron chi connectivity index (χ0n) is 9.22. The van der Waals surface area contributed by atoms with Gasteiger partial charge in [0.25, 0.3) is 0 Å². The average Bonchev–Trinajstić information content (AvgIpc) is 2.15. The van der Waals surface area contributed by atoms with Gasteiger partial charge in [0.15, 0.2) is 0 Å². The number of pyridine rings is 1. The van der Waals surface area contributed by atoms with E-state index in [0.717, 1.165) is 12.2 Å². The quantitative estimate of drug-likeness (QED) is 0.877. The van der Waals surface area contributed by atoms with Gasteiger partial charge in [0, 0.05) is 6.20 Å². The first-order valence-corrected chi connectivity index (χ1v) is 5.86. The Labute approximate surface area is 101 Å². The van der Waals surface area contributed by atoms with Crippen LogP contribution in [0.15, 0.2) is 12.3 Å². The summed E-state index contributed by atoms with van der Waals surface area (Å²) in [6.07, 6.45) is 1.63. The van der Waals surface area contributed by atoms with Crippen LogP contribution in [0.3, 0.4) is 0 Å². The van der Waals surface area contributed by atoms with E-state index in [1.165, 1.54) is 0 Å².